The fourth-order valence-electron chi connectivity index (χ4n) is 3.70. The highest BCUT2D eigenvalue weighted by atomic mass is 19.1. The lowest BCUT2D eigenvalue weighted by molar-refractivity contribution is 0.0871. The molecule has 1 fully saturated rings. The van der Waals surface area contributed by atoms with Crippen molar-refractivity contribution < 1.29 is 19.0 Å². The molecule has 2 atom stereocenters. The van der Waals surface area contributed by atoms with Crippen LogP contribution in [0.2, 0.25) is 0 Å². The van der Waals surface area contributed by atoms with Gasteiger partial charge in [0.25, 0.3) is 11.5 Å². The standard InChI is InChI=1S/C23H22FN3O4/c1-31-17-10-8-14(9-11-17)20-13-18(22(29)25-19-6-3-7-21(19)28)23(30)27(26-20)16-5-2-4-15(24)12-16/h2,4-5,8-13,19,21,28H,3,6-7H2,1H3,(H,25,29)/t19-,21-/m0/s1. The van der Waals surface area contributed by atoms with Crippen LogP contribution in [0, 0.1) is 5.82 Å². The summed E-state index contributed by atoms with van der Waals surface area (Å²) < 4.78 is 20.0. The monoisotopic (exact) mass is 423 g/mol. The van der Waals surface area contributed by atoms with Crippen molar-refractivity contribution in [2.24, 2.45) is 0 Å². The summed E-state index contributed by atoms with van der Waals surface area (Å²) >= 11 is 0. The van der Waals surface area contributed by atoms with Crippen LogP contribution in [-0.4, -0.2) is 40.0 Å². The minimum atomic E-state index is -0.673. The molecule has 2 N–H and O–H groups in total. The van der Waals surface area contributed by atoms with Gasteiger partial charge in [-0.25, -0.2) is 4.39 Å². The average molecular weight is 423 g/mol. The molecule has 1 aliphatic rings. The van der Waals surface area contributed by atoms with E-state index < -0.39 is 29.4 Å². The molecule has 0 bridgehead atoms. The lowest BCUT2D eigenvalue weighted by Gasteiger charge is -2.17. The largest absolute Gasteiger partial charge is 0.497 e. The molecule has 0 radical (unpaired) electrons. The number of carbonyl (C=O) groups excluding carboxylic acids is 1. The fraction of sp³-hybridized carbons (Fsp3) is 0.261. The summed E-state index contributed by atoms with van der Waals surface area (Å²) in [5.74, 6) is -0.477. The SMILES string of the molecule is COc1ccc(-c2cc(C(=O)N[C@H]3CCC[C@@H]3O)c(=O)n(-c3cccc(F)c3)n2)cc1. The van der Waals surface area contributed by atoms with Gasteiger partial charge in [0.2, 0.25) is 0 Å². The van der Waals surface area contributed by atoms with Crippen LogP contribution in [0.1, 0.15) is 29.6 Å². The van der Waals surface area contributed by atoms with Crippen LogP contribution in [0.3, 0.4) is 0 Å². The Morgan fingerprint density at radius 2 is 1.97 bits per heavy atom. The number of aliphatic hydroxyl groups excluding tert-OH is 1. The molecule has 0 unspecified atom stereocenters. The quantitative estimate of drug-likeness (QED) is 0.658. The molecule has 0 saturated heterocycles. The van der Waals surface area contributed by atoms with E-state index in [0.717, 1.165) is 11.1 Å². The molecule has 1 aliphatic carbocycles. The number of nitrogens with one attached hydrogen (secondary N) is 1. The summed E-state index contributed by atoms with van der Waals surface area (Å²) in [6, 6.07) is 13.4. The van der Waals surface area contributed by atoms with Crippen molar-refractivity contribution in [2.75, 3.05) is 7.11 Å². The molecule has 1 amide bonds. The lowest BCUT2D eigenvalue weighted by Crippen LogP contribution is -2.42. The molecule has 4 rings (SSSR count). The first-order valence-electron chi connectivity index (χ1n) is 10.00. The summed E-state index contributed by atoms with van der Waals surface area (Å²) in [6.07, 6.45) is 1.40. The van der Waals surface area contributed by atoms with Gasteiger partial charge >= 0.3 is 0 Å². The second-order valence-electron chi connectivity index (χ2n) is 7.45. The Balaban J connectivity index is 1.81. The zero-order valence-electron chi connectivity index (χ0n) is 16.9. The van der Waals surface area contributed by atoms with E-state index in [2.05, 4.69) is 10.4 Å². The van der Waals surface area contributed by atoms with Crippen LogP contribution in [0.15, 0.2) is 59.4 Å². The highest BCUT2D eigenvalue weighted by Gasteiger charge is 2.28. The van der Waals surface area contributed by atoms with Crippen molar-refractivity contribution >= 4 is 5.91 Å². The second-order valence-corrected chi connectivity index (χ2v) is 7.45. The van der Waals surface area contributed by atoms with Gasteiger partial charge in [0.15, 0.2) is 0 Å². The predicted octanol–water partition coefficient (Wildman–Crippen LogP) is 2.69. The minimum absolute atomic E-state index is 0.135. The van der Waals surface area contributed by atoms with Crippen LogP contribution in [-0.2, 0) is 0 Å². The summed E-state index contributed by atoms with van der Waals surface area (Å²) in [7, 11) is 1.55. The van der Waals surface area contributed by atoms with Gasteiger partial charge in [0.05, 0.1) is 30.6 Å². The first-order valence-corrected chi connectivity index (χ1v) is 10.00. The van der Waals surface area contributed by atoms with Crippen molar-refractivity contribution in [1.82, 2.24) is 15.1 Å². The average Bonchev–Trinajstić information content (AvgIpc) is 3.18. The molecule has 3 aromatic rings. The van der Waals surface area contributed by atoms with E-state index in [4.69, 9.17) is 4.74 Å². The predicted molar refractivity (Wildman–Crippen MR) is 113 cm³/mol. The number of rotatable bonds is 5. The number of hydrogen-bond acceptors (Lipinski definition) is 5. The molecule has 2 aromatic carbocycles. The number of ether oxygens (including phenoxy) is 1. The number of nitrogens with zero attached hydrogens (tertiary/aromatic N) is 2. The van der Waals surface area contributed by atoms with Gasteiger partial charge < -0.3 is 15.2 Å². The van der Waals surface area contributed by atoms with Crippen LogP contribution in [0.4, 0.5) is 4.39 Å². The van der Waals surface area contributed by atoms with Gasteiger partial charge in [0, 0.05) is 5.56 Å². The topological polar surface area (TPSA) is 93.5 Å². The number of aliphatic hydroxyl groups is 1. The van der Waals surface area contributed by atoms with Crippen LogP contribution < -0.4 is 15.6 Å². The van der Waals surface area contributed by atoms with Gasteiger partial charge in [-0.05, 0) is 67.8 Å². The van der Waals surface area contributed by atoms with Gasteiger partial charge in [-0.15, -0.1) is 0 Å². The van der Waals surface area contributed by atoms with E-state index in [-0.39, 0.29) is 11.3 Å². The van der Waals surface area contributed by atoms with Gasteiger partial charge in [-0.2, -0.15) is 9.78 Å². The third-order valence-corrected chi connectivity index (χ3v) is 5.39. The van der Waals surface area contributed by atoms with E-state index in [9.17, 15) is 19.1 Å². The number of methoxy groups -OCH3 is 1. The Hall–Kier alpha value is -3.52. The normalized spacial score (nSPS) is 18.0. The zero-order chi connectivity index (χ0) is 22.0. The molecule has 160 valence electrons. The molecule has 1 heterocycles. The summed E-state index contributed by atoms with van der Waals surface area (Å²) in [5, 5.41) is 17.2. The highest BCUT2D eigenvalue weighted by Crippen LogP contribution is 2.22. The van der Waals surface area contributed by atoms with Crippen molar-refractivity contribution in [1.29, 1.82) is 0 Å². The Morgan fingerprint density at radius 1 is 1.19 bits per heavy atom. The number of halogens is 1. The minimum Gasteiger partial charge on any atom is -0.497 e. The number of benzene rings is 2. The Morgan fingerprint density at radius 3 is 2.61 bits per heavy atom. The molecule has 1 aromatic heterocycles. The fourth-order valence-corrected chi connectivity index (χ4v) is 3.70. The molecule has 7 nitrogen and oxygen atoms in total. The third-order valence-electron chi connectivity index (χ3n) is 5.39. The van der Waals surface area contributed by atoms with E-state index in [1.165, 1.54) is 30.3 Å². The van der Waals surface area contributed by atoms with Crippen LogP contribution in [0.5, 0.6) is 5.75 Å². The van der Waals surface area contributed by atoms with E-state index in [1.807, 2.05) is 0 Å². The van der Waals surface area contributed by atoms with Crippen molar-refractivity contribution in [3.05, 3.63) is 76.3 Å². The van der Waals surface area contributed by atoms with Crippen molar-refractivity contribution in [3.8, 4) is 22.7 Å². The second kappa shape index (κ2) is 8.69. The first-order chi connectivity index (χ1) is 15.0. The molecular formula is C23H22FN3O4. The first kappa shape index (κ1) is 20.7. The molecule has 1 saturated carbocycles. The van der Waals surface area contributed by atoms with Crippen molar-refractivity contribution in [2.45, 2.75) is 31.4 Å². The van der Waals surface area contributed by atoms with Crippen molar-refractivity contribution in [3.63, 3.8) is 0 Å². The number of carbonyl (C=O) groups is 1. The molecule has 0 aliphatic heterocycles. The maximum Gasteiger partial charge on any atom is 0.284 e. The number of aromatic nitrogens is 2. The van der Waals surface area contributed by atoms with Gasteiger partial charge in [0.1, 0.15) is 17.1 Å². The smallest absolute Gasteiger partial charge is 0.284 e. The Kier molecular flexibility index (Phi) is 5.81. The number of hydrogen-bond donors (Lipinski definition) is 2. The van der Waals surface area contributed by atoms with E-state index in [0.29, 0.717) is 29.8 Å². The molecular weight excluding hydrogens is 401 g/mol. The van der Waals surface area contributed by atoms with Gasteiger partial charge in [-0.1, -0.05) is 6.07 Å². The zero-order valence-corrected chi connectivity index (χ0v) is 16.9. The molecule has 0 spiro atoms. The number of amides is 1. The van der Waals surface area contributed by atoms with E-state index in [1.54, 1.807) is 31.4 Å². The third kappa shape index (κ3) is 4.34. The summed E-state index contributed by atoms with van der Waals surface area (Å²) in [4.78, 5) is 26.0. The maximum atomic E-state index is 13.8. The highest BCUT2D eigenvalue weighted by molar-refractivity contribution is 5.95. The Bertz CT molecular complexity index is 1160. The maximum absolute atomic E-state index is 13.8. The van der Waals surface area contributed by atoms with E-state index >= 15 is 0 Å². The van der Waals surface area contributed by atoms with Gasteiger partial charge in [-0.3, -0.25) is 9.59 Å². The lowest BCUT2D eigenvalue weighted by atomic mass is 10.1. The summed E-state index contributed by atoms with van der Waals surface area (Å²) in [6.45, 7) is 0. The van der Waals surface area contributed by atoms with Crippen LogP contribution >= 0.6 is 0 Å². The molecule has 31 heavy (non-hydrogen) atoms. The Labute approximate surface area is 178 Å². The molecule has 8 heteroatoms. The summed E-state index contributed by atoms with van der Waals surface area (Å²) in [5.41, 5.74) is 0.414. The van der Waals surface area contributed by atoms with Crippen LogP contribution in [0.25, 0.3) is 16.9 Å².